The summed E-state index contributed by atoms with van der Waals surface area (Å²) in [4.78, 5) is 12.6. The number of rotatable bonds is 9. The first-order valence-electron chi connectivity index (χ1n) is 10.1. The molecule has 0 atom stereocenters. The van der Waals surface area contributed by atoms with Gasteiger partial charge in [-0.05, 0) is 48.5 Å². The fourth-order valence-corrected chi connectivity index (χ4v) is 5.11. The summed E-state index contributed by atoms with van der Waals surface area (Å²) in [7, 11) is -2.19. The van der Waals surface area contributed by atoms with E-state index in [4.69, 9.17) is 16.3 Å². The van der Waals surface area contributed by atoms with E-state index in [1.54, 1.807) is 37.9 Å². The number of ether oxygens (including phenoxy) is 1. The van der Waals surface area contributed by atoms with E-state index >= 15 is 0 Å². The van der Waals surface area contributed by atoms with Crippen molar-refractivity contribution in [1.29, 1.82) is 0 Å². The van der Waals surface area contributed by atoms with Crippen LogP contribution in [0.3, 0.4) is 0 Å². The summed E-state index contributed by atoms with van der Waals surface area (Å²) in [6, 6.07) is 13.4. The van der Waals surface area contributed by atoms with Crippen molar-refractivity contribution >= 4 is 27.5 Å². The van der Waals surface area contributed by atoms with Gasteiger partial charge < -0.3 is 10.1 Å². The predicted molar refractivity (Wildman–Crippen MR) is 123 cm³/mol. The fourth-order valence-electron chi connectivity index (χ4n) is 3.15. The first-order valence-corrected chi connectivity index (χ1v) is 11.9. The summed E-state index contributed by atoms with van der Waals surface area (Å²) in [5.74, 6) is 0.329. The van der Waals surface area contributed by atoms with Crippen molar-refractivity contribution in [2.24, 2.45) is 0 Å². The zero-order chi connectivity index (χ0) is 23.3. The van der Waals surface area contributed by atoms with E-state index in [9.17, 15) is 13.2 Å². The van der Waals surface area contributed by atoms with Crippen LogP contribution in [0.2, 0.25) is 5.02 Å². The largest absolute Gasteiger partial charge is 0.497 e. The lowest BCUT2D eigenvalue weighted by Gasteiger charge is -2.19. The van der Waals surface area contributed by atoms with Crippen LogP contribution < -0.4 is 10.1 Å². The van der Waals surface area contributed by atoms with E-state index in [1.807, 2.05) is 24.3 Å². The molecule has 3 aromatic rings. The van der Waals surface area contributed by atoms with Crippen molar-refractivity contribution in [2.75, 3.05) is 20.2 Å². The van der Waals surface area contributed by atoms with Gasteiger partial charge in [0.1, 0.15) is 10.6 Å². The average molecular weight is 477 g/mol. The van der Waals surface area contributed by atoms with Gasteiger partial charge in [0, 0.05) is 24.8 Å². The van der Waals surface area contributed by atoms with Crippen LogP contribution in [0.15, 0.2) is 59.6 Å². The third kappa shape index (κ3) is 5.12. The highest BCUT2D eigenvalue weighted by molar-refractivity contribution is 7.89. The van der Waals surface area contributed by atoms with Crippen molar-refractivity contribution in [1.82, 2.24) is 19.4 Å². The second-order valence-electron chi connectivity index (χ2n) is 6.87. The number of hydrogen-bond acceptors (Lipinski definition) is 5. The van der Waals surface area contributed by atoms with Crippen LogP contribution >= 0.6 is 11.6 Å². The number of amides is 1. The Balaban J connectivity index is 1.72. The minimum absolute atomic E-state index is 0.0756. The third-order valence-corrected chi connectivity index (χ3v) is 7.46. The van der Waals surface area contributed by atoms with Crippen LogP contribution in [0.1, 0.15) is 29.9 Å². The number of carbonyl (C=O) groups is 1. The molecule has 10 heteroatoms. The van der Waals surface area contributed by atoms with E-state index in [0.717, 1.165) is 11.4 Å². The van der Waals surface area contributed by atoms with Gasteiger partial charge in [0.2, 0.25) is 10.0 Å². The van der Waals surface area contributed by atoms with Crippen molar-refractivity contribution in [3.8, 4) is 11.4 Å². The first kappa shape index (κ1) is 23.8. The van der Waals surface area contributed by atoms with Crippen molar-refractivity contribution in [3.63, 3.8) is 0 Å². The minimum atomic E-state index is -3.79. The highest BCUT2D eigenvalue weighted by Crippen LogP contribution is 2.26. The number of carbonyl (C=O) groups excluding carboxylic acids is 1. The second kappa shape index (κ2) is 10.2. The van der Waals surface area contributed by atoms with Gasteiger partial charge in [-0.3, -0.25) is 4.79 Å². The molecule has 2 aromatic carbocycles. The monoisotopic (exact) mass is 476 g/mol. The second-order valence-corrected chi connectivity index (χ2v) is 9.18. The standard InChI is InChI=1S/C22H25ClN4O4S/c1-4-26(5-2)32(29,30)21-14-16(6-11-20(21)23)22(28)24-15-17-12-13-27(25-17)18-7-9-19(31-3)10-8-18/h6-14H,4-5,15H2,1-3H3,(H,24,28). The first-order chi connectivity index (χ1) is 15.3. The lowest BCUT2D eigenvalue weighted by atomic mass is 10.2. The number of halogens is 1. The van der Waals surface area contributed by atoms with Crippen LogP contribution in [-0.2, 0) is 16.6 Å². The molecule has 0 aliphatic heterocycles. The Morgan fingerprint density at radius 3 is 2.44 bits per heavy atom. The van der Waals surface area contributed by atoms with Crippen molar-refractivity contribution in [3.05, 3.63) is 71.0 Å². The number of methoxy groups -OCH3 is 1. The molecule has 0 fully saturated rings. The normalized spacial score (nSPS) is 11.5. The molecule has 1 heterocycles. The lowest BCUT2D eigenvalue weighted by Crippen LogP contribution is -2.31. The molecule has 1 aromatic heterocycles. The molecule has 0 saturated carbocycles. The Morgan fingerprint density at radius 1 is 1.12 bits per heavy atom. The average Bonchev–Trinajstić information content (AvgIpc) is 3.27. The molecule has 0 aliphatic carbocycles. The van der Waals surface area contributed by atoms with Gasteiger partial charge in [-0.25, -0.2) is 13.1 Å². The molecule has 0 spiro atoms. The molecule has 1 amide bonds. The summed E-state index contributed by atoms with van der Waals surface area (Å²) in [5.41, 5.74) is 1.71. The Hall–Kier alpha value is -2.88. The fraction of sp³-hybridized carbons (Fsp3) is 0.273. The maximum atomic E-state index is 12.8. The molecule has 0 saturated heterocycles. The topological polar surface area (TPSA) is 93.5 Å². The van der Waals surface area contributed by atoms with Crippen LogP contribution in [-0.4, -0.2) is 48.6 Å². The molecule has 0 radical (unpaired) electrons. The maximum Gasteiger partial charge on any atom is 0.251 e. The van der Waals surface area contributed by atoms with Gasteiger partial charge in [0.15, 0.2) is 0 Å². The maximum absolute atomic E-state index is 12.8. The Kier molecular flexibility index (Phi) is 7.55. The summed E-state index contributed by atoms with van der Waals surface area (Å²) in [6.07, 6.45) is 1.79. The van der Waals surface area contributed by atoms with Gasteiger partial charge in [0.05, 0.1) is 30.1 Å². The Labute approximate surface area is 192 Å². The number of nitrogens with one attached hydrogen (secondary N) is 1. The summed E-state index contributed by atoms with van der Waals surface area (Å²) in [5, 5.41) is 7.30. The molecule has 32 heavy (non-hydrogen) atoms. The van der Waals surface area contributed by atoms with Gasteiger partial charge in [0.25, 0.3) is 5.91 Å². The Morgan fingerprint density at radius 2 is 1.81 bits per heavy atom. The van der Waals surface area contributed by atoms with Crippen molar-refractivity contribution < 1.29 is 17.9 Å². The molecule has 8 nitrogen and oxygen atoms in total. The van der Waals surface area contributed by atoms with E-state index in [0.29, 0.717) is 18.8 Å². The van der Waals surface area contributed by atoms with Gasteiger partial charge in [-0.1, -0.05) is 25.4 Å². The molecule has 0 bridgehead atoms. The summed E-state index contributed by atoms with van der Waals surface area (Å²) < 4.78 is 33.8. The lowest BCUT2D eigenvalue weighted by molar-refractivity contribution is 0.0950. The van der Waals surface area contributed by atoms with Crippen LogP contribution in [0.25, 0.3) is 5.69 Å². The van der Waals surface area contributed by atoms with E-state index in [-0.39, 0.29) is 22.0 Å². The quantitative estimate of drug-likeness (QED) is 0.510. The highest BCUT2D eigenvalue weighted by Gasteiger charge is 2.25. The molecular formula is C22H25ClN4O4S. The smallest absolute Gasteiger partial charge is 0.251 e. The number of sulfonamides is 1. The zero-order valence-electron chi connectivity index (χ0n) is 18.1. The van der Waals surface area contributed by atoms with E-state index in [1.165, 1.54) is 22.5 Å². The zero-order valence-corrected chi connectivity index (χ0v) is 19.7. The van der Waals surface area contributed by atoms with E-state index in [2.05, 4.69) is 10.4 Å². The van der Waals surface area contributed by atoms with Gasteiger partial charge in [-0.2, -0.15) is 9.40 Å². The molecule has 1 N–H and O–H groups in total. The number of aromatic nitrogens is 2. The van der Waals surface area contributed by atoms with Crippen LogP contribution in [0.5, 0.6) is 5.75 Å². The van der Waals surface area contributed by atoms with Crippen molar-refractivity contribution in [2.45, 2.75) is 25.3 Å². The predicted octanol–water partition coefficient (Wildman–Crippen LogP) is 3.49. The van der Waals surface area contributed by atoms with Crippen LogP contribution in [0.4, 0.5) is 0 Å². The van der Waals surface area contributed by atoms with Gasteiger partial charge in [-0.15, -0.1) is 0 Å². The molecule has 3 rings (SSSR count). The molecule has 170 valence electrons. The SMILES string of the molecule is CCN(CC)S(=O)(=O)c1cc(C(=O)NCc2ccn(-c3ccc(OC)cc3)n2)ccc1Cl. The molecule has 0 unspecified atom stereocenters. The molecule has 0 aliphatic rings. The van der Waals surface area contributed by atoms with Gasteiger partial charge >= 0.3 is 0 Å². The van der Waals surface area contributed by atoms with Crippen LogP contribution in [0, 0.1) is 0 Å². The summed E-state index contributed by atoms with van der Waals surface area (Å²) in [6.45, 7) is 4.29. The Bertz CT molecular complexity index is 1190. The number of nitrogens with zero attached hydrogens (tertiary/aromatic N) is 3. The summed E-state index contributed by atoms with van der Waals surface area (Å²) >= 11 is 6.14. The third-order valence-electron chi connectivity index (χ3n) is 4.93. The minimum Gasteiger partial charge on any atom is -0.497 e. The molecular weight excluding hydrogens is 452 g/mol. The number of benzene rings is 2. The highest BCUT2D eigenvalue weighted by atomic mass is 35.5. The number of hydrogen-bond donors (Lipinski definition) is 1. The van der Waals surface area contributed by atoms with E-state index < -0.39 is 15.9 Å².